The summed E-state index contributed by atoms with van der Waals surface area (Å²) in [6.07, 6.45) is 0.791. The van der Waals surface area contributed by atoms with E-state index in [1.807, 2.05) is 6.07 Å². The molecule has 0 atom stereocenters. The Labute approximate surface area is 105 Å². The molecular formula is C12H19BrN2O. The predicted molar refractivity (Wildman–Crippen MR) is 71.6 cm³/mol. The van der Waals surface area contributed by atoms with Crippen LogP contribution in [0.1, 0.15) is 18.9 Å². The largest absolute Gasteiger partial charge is 0.396 e. The highest BCUT2D eigenvalue weighted by Gasteiger charge is 2.08. The van der Waals surface area contributed by atoms with E-state index >= 15 is 0 Å². The van der Waals surface area contributed by atoms with E-state index in [0.29, 0.717) is 6.54 Å². The van der Waals surface area contributed by atoms with E-state index in [4.69, 9.17) is 10.8 Å². The first-order valence-corrected chi connectivity index (χ1v) is 6.36. The first kappa shape index (κ1) is 13.5. The Morgan fingerprint density at radius 1 is 1.44 bits per heavy atom. The molecule has 0 amide bonds. The van der Waals surface area contributed by atoms with Crippen molar-refractivity contribution in [2.24, 2.45) is 5.73 Å². The third-order valence-electron chi connectivity index (χ3n) is 2.56. The van der Waals surface area contributed by atoms with Crippen LogP contribution in [0.2, 0.25) is 0 Å². The van der Waals surface area contributed by atoms with E-state index in [1.54, 1.807) is 0 Å². The van der Waals surface area contributed by atoms with Crippen molar-refractivity contribution in [3.05, 3.63) is 28.2 Å². The number of hydrogen-bond donors (Lipinski definition) is 2. The average Bonchev–Trinajstić information content (AvgIpc) is 2.31. The quantitative estimate of drug-likeness (QED) is 0.842. The molecule has 4 heteroatoms. The lowest BCUT2D eigenvalue weighted by Crippen LogP contribution is -2.25. The summed E-state index contributed by atoms with van der Waals surface area (Å²) in [5.74, 6) is 0. The van der Waals surface area contributed by atoms with Gasteiger partial charge in [-0.15, -0.1) is 0 Å². The normalized spacial score (nSPS) is 10.5. The van der Waals surface area contributed by atoms with Crippen molar-refractivity contribution in [1.29, 1.82) is 0 Å². The van der Waals surface area contributed by atoms with Gasteiger partial charge in [0.1, 0.15) is 0 Å². The number of rotatable bonds is 6. The number of nitrogens with zero attached hydrogens (tertiary/aromatic N) is 1. The van der Waals surface area contributed by atoms with Gasteiger partial charge in [-0.3, -0.25) is 0 Å². The fourth-order valence-electron chi connectivity index (χ4n) is 1.64. The summed E-state index contributed by atoms with van der Waals surface area (Å²) in [6, 6.07) is 6.17. The van der Waals surface area contributed by atoms with Crippen LogP contribution in [0.3, 0.4) is 0 Å². The lowest BCUT2D eigenvalue weighted by molar-refractivity contribution is 0.289. The van der Waals surface area contributed by atoms with E-state index in [1.165, 1.54) is 0 Å². The van der Waals surface area contributed by atoms with Gasteiger partial charge in [0.2, 0.25) is 0 Å². The molecule has 0 aliphatic rings. The monoisotopic (exact) mass is 286 g/mol. The molecule has 0 aliphatic heterocycles. The van der Waals surface area contributed by atoms with Gasteiger partial charge in [-0.05, 0) is 47.0 Å². The molecule has 0 fully saturated rings. The SMILES string of the molecule is CCN(CCCO)c1ccc(CN)cc1Br. The second-order valence-electron chi connectivity index (χ2n) is 3.65. The van der Waals surface area contributed by atoms with Crippen LogP contribution in [-0.4, -0.2) is 24.8 Å². The van der Waals surface area contributed by atoms with Crippen molar-refractivity contribution in [2.45, 2.75) is 19.9 Å². The van der Waals surface area contributed by atoms with Gasteiger partial charge in [0.15, 0.2) is 0 Å². The molecule has 0 aliphatic carbocycles. The summed E-state index contributed by atoms with van der Waals surface area (Å²) in [4.78, 5) is 2.24. The maximum absolute atomic E-state index is 8.85. The van der Waals surface area contributed by atoms with Gasteiger partial charge in [0.05, 0.1) is 5.69 Å². The van der Waals surface area contributed by atoms with Gasteiger partial charge in [-0.1, -0.05) is 6.07 Å². The zero-order valence-corrected chi connectivity index (χ0v) is 11.2. The van der Waals surface area contributed by atoms with Crippen LogP contribution in [-0.2, 0) is 6.54 Å². The summed E-state index contributed by atoms with van der Waals surface area (Å²) < 4.78 is 1.07. The molecule has 0 aromatic heterocycles. The van der Waals surface area contributed by atoms with Gasteiger partial charge in [0, 0.05) is 30.7 Å². The molecule has 0 saturated heterocycles. The summed E-state index contributed by atoms with van der Waals surface area (Å²) in [5, 5.41) is 8.85. The lowest BCUT2D eigenvalue weighted by Gasteiger charge is -2.24. The van der Waals surface area contributed by atoms with Crippen LogP contribution in [0.25, 0.3) is 0 Å². The van der Waals surface area contributed by atoms with Crippen molar-refractivity contribution in [1.82, 2.24) is 0 Å². The first-order valence-electron chi connectivity index (χ1n) is 5.57. The van der Waals surface area contributed by atoms with Gasteiger partial charge in [0.25, 0.3) is 0 Å². The number of aliphatic hydroxyl groups is 1. The van der Waals surface area contributed by atoms with Crippen LogP contribution in [0.5, 0.6) is 0 Å². The van der Waals surface area contributed by atoms with Gasteiger partial charge in [-0.25, -0.2) is 0 Å². The number of anilines is 1. The number of aliphatic hydroxyl groups excluding tert-OH is 1. The third-order valence-corrected chi connectivity index (χ3v) is 3.19. The van der Waals surface area contributed by atoms with Crippen molar-refractivity contribution in [3.8, 4) is 0 Å². The Morgan fingerprint density at radius 3 is 2.69 bits per heavy atom. The van der Waals surface area contributed by atoms with Crippen molar-refractivity contribution in [3.63, 3.8) is 0 Å². The minimum absolute atomic E-state index is 0.231. The van der Waals surface area contributed by atoms with Crippen molar-refractivity contribution in [2.75, 3.05) is 24.6 Å². The zero-order valence-electron chi connectivity index (χ0n) is 9.62. The Bertz CT molecular complexity index is 331. The molecule has 3 N–H and O–H groups in total. The smallest absolute Gasteiger partial charge is 0.0510 e. The number of hydrogen-bond acceptors (Lipinski definition) is 3. The fraction of sp³-hybridized carbons (Fsp3) is 0.500. The fourth-order valence-corrected chi connectivity index (χ4v) is 2.32. The van der Waals surface area contributed by atoms with Gasteiger partial charge >= 0.3 is 0 Å². The van der Waals surface area contributed by atoms with E-state index in [9.17, 15) is 0 Å². The minimum atomic E-state index is 0.231. The maximum Gasteiger partial charge on any atom is 0.0510 e. The summed E-state index contributed by atoms with van der Waals surface area (Å²) >= 11 is 3.56. The molecule has 0 bridgehead atoms. The topological polar surface area (TPSA) is 49.5 Å². The Balaban J connectivity index is 2.83. The van der Waals surface area contributed by atoms with Crippen LogP contribution >= 0.6 is 15.9 Å². The number of nitrogens with two attached hydrogens (primary N) is 1. The summed E-state index contributed by atoms with van der Waals surface area (Å²) in [6.45, 7) is 4.70. The van der Waals surface area contributed by atoms with Crippen LogP contribution < -0.4 is 10.6 Å². The van der Waals surface area contributed by atoms with E-state index in [-0.39, 0.29) is 6.61 Å². The molecule has 90 valence electrons. The van der Waals surface area contributed by atoms with E-state index in [0.717, 1.165) is 35.2 Å². The molecule has 1 rings (SSSR count). The highest BCUT2D eigenvalue weighted by Crippen LogP contribution is 2.27. The van der Waals surface area contributed by atoms with Gasteiger partial charge in [-0.2, -0.15) is 0 Å². The standard InChI is InChI=1S/C12H19BrN2O/c1-2-15(6-3-7-16)12-5-4-10(9-14)8-11(12)13/h4-5,8,16H,2-3,6-7,9,14H2,1H3. The summed E-state index contributed by atoms with van der Waals surface area (Å²) in [5.41, 5.74) is 7.87. The summed E-state index contributed by atoms with van der Waals surface area (Å²) in [7, 11) is 0. The van der Waals surface area contributed by atoms with E-state index < -0.39 is 0 Å². The Morgan fingerprint density at radius 2 is 2.19 bits per heavy atom. The molecule has 0 heterocycles. The van der Waals surface area contributed by atoms with Crippen LogP contribution in [0, 0.1) is 0 Å². The van der Waals surface area contributed by atoms with Gasteiger partial charge < -0.3 is 15.7 Å². The average molecular weight is 287 g/mol. The molecule has 0 radical (unpaired) electrons. The second kappa shape index (κ2) is 6.89. The molecule has 0 saturated carbocycles. The van der Waals surface area contributed by atoms with Crippen LogP contribution in [0.4, 0.5) is 5.69 Å². The first-order chi connectivity index (χ1) is 7.72. The Hall–Kier alpha value is -0.580. The molecule has 1 aromatic carbocycles. The molecule has 1 aromatic rings. The highest BCUT2D eigenvalue weighted by atomic mass is 79.9. The molecule has 0 spiro atoms. The predicted octanol–water partition coefficient (Wildman–Crippen LogP) is 2.12. The highest BCUT2D eigenvalue weighted by molar-refractivity contribution is 9.10. The third kappa shape index (κ3) is 3.47. The molecular weight excluding hydrogens is 268 g/mol. The van der Waals surface area contributed by atoms with Crippen molar-refractivity contribution < 1.29 is 5.11 Å². The van der Waals surface area contributed by atoms with Crippen molar-refractivity contribution >= 4 is 21.6 Å². The zero-order chi connectivity index (χ0) is 12.0. The molecule has 0 unspecified atom stereocenters. The number of halogens is 1. The molecule has 16 heavy (non-hydrogen) atoms. The lowest BCUT2D eigenvalue weighted by atomic mass is 10.2. The van der Waals surface area contributed by atoms with E-state index in [2.05, 4.69) is 39.9 Å². The minimum Gasteiger partial charge on any atom is -0.396 e. The maximum atomic E-state index is 8.85. The second-order valence-corrected chi connectivity index (χ2v) is 4.50. The Kier molecular flexibility index (Phi) is 5.80. The number of benzene rings is 1. The van der Waals surface area contributed by atoms with Crippen LogP contribution in [0.15, 0.2) is 22.7 Å². The molecule has 3 nitrogen and oxygen atoms in total.